The van der Waals surface area contributed by atoms with E-state index in [1.807, 2.05) is 24.3 Å². The highest BCUT2D eigenvalue weighted by Crippen LogP contribution is 2.28. The first-order valence-electron chi connectivity index (χ1n) is 6.36. The van der Waals surface area contributed by atoms with Crippen molar-refractivity contribution in [2.45, 2.75) is 6.92 Å². The predicted octanol–water partition coefficient (Wildman–Crippen LogP) is 4.41. The van der Waals surface area contributed by atoms with Crippen LogP contribution in [0.2, 0.25) is 5.15 Å². The van der Waals surface area contributed by atoms with Gasteiger partial charge in [0.2, 0.25) is 0 Å². The first-order chi connectivity index (χ1) is 10.1. The van der Waals surface area contributed by atoms with Crippen molar-refractivity contribution < 1.29 is 9.13 Å². The van der Waals surface area contributed by atoms with Crippen LogP contribution in [0.4, 0.5) is 4.39 Å². The van der Waals surface area contributed by atoms with Gasteiger partial charge in [0, 0.05) is 17.0 Å². The van der Waals surface area contributed by atoms with Gasteiger partial charge in [0.1, 0.15) is 16.7 Å². The Kier molecular flexibility index (Phi) is 3.47. The summed E-state index contributed by atoms with van der Waals surface area (Å²) in [6.45, 7) is 1.68. The number of aryl methyl sites for hydroxylation is 1. The van der Waals surface area contributed by atoms with Crippen LogP contribution >= 0.6 is 11.6 Å². The highest BCUT2D eigenvalue weighted by Gasteiger charge is 2.11. The monoisotopic (exact) mass is 302 g/mol. The maximum atomic E-state index is 13.7. The lowest BCUT2D eigenvalue weighted by molar-refractivity contribution is 0.415. The molecule has 0 saturated heterocycles. The molecule has 0 aliphatic carbocycles. The van der Waals surface area contributed by atoms with Crippen molar-refractivity contribution in [3.8, 4) is 17.1 Å². The van der Waals surface area contributed by atoms with Gasteiger partial charge in [-0.3, -0.25) is 0 Å². The number of fused-ring (bicyclic) bond motifs is 1. The SMILES string of the molecule is COc1cccc(-c2nc(Cl)c3cc(C)c(F)cc3n2)c1. The van der Waals surface area contributed by atoms with Gasteiger partial charge in [-0.25, -0.2) is 14.4 Å². The molecule has 0 aliphatic rings. The molecular weight excluding hydrogens is 291 g/mol. The number of rotatable bonds is 2. The second kappa shape index (κ2) is 5.30. The fourth-order valence-corrected chi connectivity index (χ4v) is 2.34. The summed E-state index contributed by atoms with van der Waals surface area (Å²) in [7, 11) is 1.59. The van der Waals surface area contributed by atoms with Crippen LogP contribution < -0.4 is 4.74 Å². The number of aromatic nitrogens is 2. The van der Waals surface area contributed by atoms with E-state index < -0.39 is 0 Å². The number of halogens is 2. The summed E-state index contributed by atoms with van der Waals surface area (Å²) in [5, 5.41) is 0.947. The van der Waals surface area contributed by atoms with Crippen molar-refractivity contribution in [2.24, 2.45) is 0 Å². The van der Waals surface area contributed by atoms with Crippen LogP contribution in [0.25, 0.3) is 22.3 Å². The van der Waals surface area contributed by atoms with Gasteiger partial charge in [0.05, 0.1) is 12.6 Å². The van der Waals surface area contributed by atoms with Crippen LogP contribution in [0.3, 0.4) is 0 Å². The average molecular weight is 303 g/mol. The third-order valence-electron chi connectivity index (χ3n) is 3.26. The van der Waals surface area contributed by atoms with E-state index >= 15 is 0 Å². The Balaban J connectivity index is 2.22. The van der Waals surface area contributed by atoms with E-state index in [2.05, 4.69) is 9.97 Å². The second-order valence-corrected chi connectivity index (χ2v) is 5.05. The van der Waals surface area contributed by atoms with Crippen molar-refractivity contribution in [1.29, 1.82) is 0 Å². The van der Waals surface area contributed by atoms with Gasteiger partial charge in [-0.2, -0.15) is 0 Å². The molecule has 0 bridgehead atoms. The zero-order valence-electron chi connectivity index (χ0n) is 11.5. The van der Waals surface area contributed by atoms with E-state index in [1.165, 1.54) is 6.07 Å². The van der Waals surface area contributed by atoms with Crippen LogP contribution in [0.1, 0.15) is 5.56 Å². The molecular formula is C16H12ClFN2O. The molecule has 1 aromatic heterocycles. The van der Waals surface area contributed by atoms with Gasteiger partial charge in [-0.1, -0.05) is 23.7 Å². The molecule has 3 rings (SSSR count). The van der Waals surface area contributed by atoms with Crippen molar-refractivity contribution >= 4 is 22.5 Å². The lowest BCUT2D eigenvalue weighted by atomic mass is 10.1. The highest BCUT2D eigenvalue weighted by atomic mass is 35.5. The maximum Gasteiger partial charge on any atom is 0.161 e. The molecule has 3 nitrogen and oxygen atoms in total. The average Bonchev–Trinajstić information content (AvgIpc) is 2.49. The summed E-state index contributed by atoms with van der Waals surface area (Å²) in [4.78, 5) is 8.69. The van der Waals surface area contributed by atoms with E-state index in [1.54, 1.807) is 20.1 Å². The van der Waals surface area contributed by atoms with Gasteiger partial charge >= 0.3 is 0 Å². The third kappa shape index (κ3) is 2.54. The molecule has 1 heterocycles. The van der Waals surface area contributed by atoms with Gasteiger partial charge < -0.3 is 4.74 Å². The molecule has 0 spiro atoms. The molecule has 0 aliphatic heterocycles. The minimum Gasteiger partial charge on any atom is -0.497 e. The van der Waals surface area contributed by atoms with E-state index in [0.29, 0.717) is 33.2 Å². The fraction of sp³-hybridized carbons (Fsp3) is 0.125. The Morgan fingerprint density at radius 1 is 1.14 bits per heavy atom. The van der Waals surface area contributed by atoms with E-state index in [9.17, 15) is 4.39 Å². The third-order valence-corrected chi connectivity index (χ3v) is 3.55. The van der Waals surface area contributed by atoms with Gasteiger partial charge in [0.15, 0.2) is 5.82 Å². The molecule has 0 unspecified atom stereocenters. The van der Waals surface area contributed by atoms with Crippen molar-refractivity contribution in [1.82, 2.24) is 9.97 Å². The molecule has 0 fully saturated rings. The van der Waals surface area contributed by atoms with Crippen LogP contribution in [-0.2, 0) is 0 Å². The molecule has 0 saturated carbocycles. The molecule has 106 valence electrons. The minimum atomic E-state index is -0.311. The summed E-state index contributed by atoms with van der Waals surface area (Å²) in [6.07, 6.45) is 0. The van der Waals surface area contributed by atoms with Crippen LogP contribution in [0.5, 0.6) is 5.75 Å². The zero-order chi connectivity index (χ0) is 15.0. The summed E-state index contributed by atoms with van der Waals surface area (Å²) < 4.78 is 18.9. The maximum absolute atomic E-state index is 13.7. The Morgan fingerprint density at radius 2 is 1.95 bits per heavy atom. The van der Waals surface area contributed by atoms with Crippen LogP contribution in [0.15, 0.2) is 36.4 Å². The molecule has 21 heavy (non-hydrogen) atoms. The lowest BCUT2D eigenvalue weighted by Gasteiger charge is -2.07. The summed E-state index contributed by atoms with van der Waals surface area (Å²) >= 11 is 6.21. The van der Waals surface area contributed by atoms with Gasteiger partial charge in [0.25, 0.3) is 0 Å². The number of hydrogen-bond acceptors (Lipinski definition) is 3. The normalized spacial score (nSPS) is 10.9. The Hall–Kier alpha value is -2.20. The quantitative estimate of drug-likeness (QED) is 0.658. The van der Waals surface area contributed by atoms with Gasteiger partial charge in [-0.15, -0.1) is 0 Å². The minimum absolute atomic E-state index is 0.306. The molecule has 5 heteroatoms. The highest BCUT2D eigenvalue weighted by molar-refractivity contribution is 6.34. The molecule has 3 aromatic rings. The van der Waals surface area contributed by atoms with E-state index in [-0.39, 0.29) is 5.82 Å². The van der Waals surface area contributed by atoms with Crippen molar-refractivity contribution in [3.63, 3.8) is 0 Å². The zero-order valence-corrected chi connectivity index (χ0v) is 12.3. The molecule has 0 N–H and O–H groups in total. The first kappa shape index (κ1) is 13.8. The summed E-state index contributed by atoms with van der Waals surface area (Å²) in [6, 6.07) is 10.4. The molecule has 0 radical (unpaired) electrons. The molecule has 0 amide bonds. The Labute approximate surface area is 126 Å². The van der Waals surface area contributed by atoms with Crippen molar-refractivity contribution in [3.05, 3.63) is 52.9 Å². The van der Waals surface area contributed by atoms with E-state index in [0.717, 1.165) is 5.56 Å². The summed E-state index contributed by atoms with van der Waals surface area (Å²) in [5.74, 6) is 0.825. The second-order valence-electron chi connectivity index (χ2n) is 4.69. The van der Waals surface area contributed by atoms with Gasteiger partial charge in [-0.05, 0) is 30.7 Å². The number of hydrogen-bond donors (Lipinski definition) is 0. The Morgan fingerprint density at radius 3 is 2.71 bits per heavy atom. The number of benzene rings is 2. The lowest BCUT2D eigenvalue weighted by Crippen LogP contribution is -1.94. The standard InChI is InChI=1S/C16H12ClFN2O/c1-9-6-12-14(8-13(9)18)19-16(20-15(12)17)10-4-3-5-11(7-10)21-2/h3-8H,1-2H3. The largest absolute Gasteiger partial charge is 0.497 e. The number of nitrogens with zero attached hydrogens (tertiary/aromatic N) is 2. The first-order valence-corrected chi connectivity index (χ1v) is 6.74. The summed E-state index contributed by atoms with van der Waals surface area (Å²) in [5.41, 5.74) is 1.76. The Bertz CT molecular complexity index is 836. The van der Waals surface area contributed by atoms with Crippen LogP contribution in [-0.4, -0.2) is 17.1 Å². The molecule has 0 atom stereocenters. The number of ether oxygens (including phenoxy) is 1. The topological polar surface area (TPSA) is 35.0 Å². The molecule has 2 aromatic carbocycles. The smallest absolute Gasteiger partial charge is 0.161 e. The van der Waals surface area contributed by atoms with Crippen molar-refractivity contribution in [2.75, 3.05) is 7.11 Å². The fourth-order valence-electron chi connectivity index (χ4n) is 2.11. The number of methoxy groups -OCH3 is 1. The van der Waals surface area contributed by atoms with Crippen LogP contribution in [0, 0.1) is 12.7 Å². The predicted molar refractivity (Wildman–Crippen MR) is 81.2 cm³/mol. The van der Waals surface area contributed by atoms with E-state index in [4.69, 9.17) is 16.3 Å².